The molecule has 0 radical (unpaired) electrons. The number of carbonyl (C=O) groups is 1. The Labute approximate surface area is 111 Å². The average Bonchev–Trinajstić information content (AvgIpc) is 2.38. The number of rotatable bonds is 3. The topological polar surface area (TPSA) is 62.2 Å². The van der Waals surface area contributed by atoms with Crippen LogP contribution in [0.1, 0.15) is 36.0 Å². The molecule has 0 aliphatic heterocycles. The highest BCUT2D eigenvalue weighted by Gasteiger charge is 2.20. The molecule has 0 saturated heterocycles. The second-order valence-electron chi connectivity index (χ2n) is 4.74. The minimum Gasteiger partial charge on any atom is -0.393 e. The maximum absolute atomic E-state index is 11.9. The molecule has 1 aromatic rings. The normalized spacial score (nSPS) is 23.7. The molecule has 1 heterocycles. The summed E-state index contributed by atoms with van der Waals surface area (Å²) in [6, 6.07) is 1.60. The summed E-state index contributed by atoms with van der Waals surface area (Å²) in [5.74, 6) is 0.270. The Morgan fingerprint density at radius 2 is 2.17 bits per heavy atom. The Morgan fingerprint density at radius 1 is 1.44 bits per heavy atom. The van der Waals surface area contributed by atoms with E-state index in [1.165, 1.54) is 6.20 Å². The molecule has 2 rings (SSSR count). The van der Waals surface area contributed by atoms with Gasteiger partial charge in [0.15, 0.2) is 0 Å². The van der Waals surface area contributed by atoms with E-state index in [0.29, 0.717) is 23.0 Å². The molecule has 0 spiro atoms. The molecule has 98 valence electrons. The molecule has 1 fully saturated rings. The number of aliphatic hydroxyl groups is 1. The number of aromatic nitrogens is 1. The first-order valence-corrected chi connectivity index (χ1v) is 6.60. The monoisotopic (exact) mass is 268 g/mol. The maximum Gasteiger partial charge on any atom is 0.254 e. The van der Waals surface area contributed by atoms with E-state index in [0.717, 1.165) is 25.7 Å². The lowest BCUT2D eigenvalue weighted by Gasteiger charge is -2.25. The fourth-order valence-corrected chi connectivity index (χ4v) is 2.42. The third kappa shape index (κ3) is 3.43. The zero-order chi connectivity index (χ0) is 13.0. The fourth-order valence-electron chi connectivity index (χ4n) is 2.23. The third-order valence-corrected chi connectivity index (χ3v) is 3.71. The molecule has 0 unspecified atom stereocenters. The van der Waals surface area contributed by atoms with Gasteiger partial charge in [0.25, 0.3) is 5.91 Å². The van der Waals surface area contributed by atoms with Crippen molar-refractivity contribution in [2.45, 2.75) is 31.8 Å². The van der Waals surface area contributed by atoms with Gasteiger partial charge in [0, 0.05) is 18.9 Å². The van der Waals surface area contributed by atoms with Crippen LogP contribution in [0, 0.1) is 5.92 Å². The zero-order valence-corrected chi connectivity index (χ0v) is 10.9. The molecule has 1 aliphatic carbocycles. The van der Waals surface area contributed by atoms with E-state index >= 15 is 0 Å². The van der Waals surface area contributed by atoms with E-state index < -0.39 is 0 Å². The van der Waals surface area contributed by atoms with Gasteiger partial charge in [0.05, 0.1) is 16.7 Å². The summed E-state index contributed by atoms with van der Waals surface area (Å²) in [7, 11) is 0. The highest BCUT2D eigenvalue weighted by Crippen LogP contribution is 2.23. The van der Waals surface area contributed by atoms with Crippen LogP contribution in [-0.2, 0) is 0 Å². The molecule has 1 aliphatic rings. The summed E-state index contributed by atoms with van der Waals surface area (Å²) in [5.41, 5.74) is 0.412. The van der Waals surface area contributed by atoms with Crippen molar-refractivity contribution >= 4 is 17.5 Å². The number of aliphatic hydroxyl groups excluding tert-OH is 1. The Bertz CT molecular complexity index is 417. The lowest BCUT2D eigenvalue weighted by atomic mass is 9.87. The van der Waals surface area contributed by atoms with Gasteiger partial charge in [-0.3, -0.25) is 9.78 Å². The van der Waals surface area contributed by atoms with Crippen LogP contribution in [0.4, 0.5) is 0 Å². The Balaban J connectivity index is 1.84. The predicted octanol–water partition coefficient (Wildman–Crippen LogP) is 2.02. The first-order chi connectivity index (χ1) is 8.66. The van der Waals surface area contributed by atoms with Crippen LogP contribution in [-0.4, -0.2) is 28.6 Å². The van der Waals surface area contributed by atoms with Crippen molar-refractivity contribution in [3.8, 4) is 0 Å². The highest BCUT2D eigenvalue weighted by molar-refractivity contribution is 6.33. The van der Waals surface area contributed by atoms with E-state index in [4.69, 9.17) is 11.6 Å². The second-order valence-corrected chi connectivity index (χ2v) is 5.15. The number of pyridine rings is 1. The highest BCUT2D eigenvalue weighted by atomic mass is 35.5. The number of halogens is 1. The van der Waals surface area contributed by atoms with Crippen LogP contribution in [0.3, 0.4) is 0 Å². The molecule has 1 aromatic heterocycles. The van der Waals surface area contributed by atoms with Crippen molar-refractivity contribution in [3.63, 3.8) is 0 Å². The third-order valence-electron chi connectivity index (χ3n) is 3.38. The molecule has 0 aromatic carbocycles. The smallest absolute Gasteiger partial charge is 0.254 e. The van der Waals surface area contributed by atoms with E-state index in [2.05, 4.69) is 10.3 Å². The van der Waals surface area contributed by atoms with E-state index in [1.54, 1.807) is 12.3 Å². The van der Waals surface area contributed by atoms with Crippen LogP contribution >= 0.6 is 11.6 Å². The molecule has 18 heavy (non-hydrogen) atoms. The number of nitrogens with zero attached hydrogens (tertiary/aromatic N) is 1. The van der Waals surface area contributed by atoms with Crippen molar-refractivity contribution in [1.29, 1.82) is 0 Å². The number of amides is 1. The van der Waals surface area contributed by atoms with Gasteiger partial charge in [-0.1, -0.05) is 11.6 Å². The van der Waals surface area contributed by atoms with Crippen molar-refractivity contribution < 1.29 is 9.90 Å². The largest absolute Gasteiger partial charge is 0.393 e. The lowest BCUT2D eigenvalue weighted by Crippen LogP contribution is -2.32. The Kier molecular flexibility index (Phi) is 4.55. The first-order valence-electron chi connectivity index (χ1n) is 6.22. The Hall–Kier alpha value is -1.13. The van der Waals surface area contributed by atoms with Gasteiger partial charge < -0.3 is 10.4 Å². The summed E-state index contributed by atoms with van der Waals surface area (Å²) in [6.45, 7) is 0.636. The number of nitrogens with one attached hydrogen (secondary N) is 1. The van der Waals surface area contributed by atoms with Crippen molar-refractivity contribution in [3.05, 3.63) is 29.0 Å². The molecular formula is C13H17ClN2O2. The van der Waals surface area contributed by atoms with Gasteiger partial charge in [-0.25, -0.2) is 0 Å². The van der Waals surface area contributed by atoms with Gasteiger partial charge in [0.2, 0.25) is 0 Å². The molecule has 5 heteroatoms. The van der Waals surface area contributed by atoms with Gasteiger partial charge >= 0.3 is 0 Å². The molecule has 0 bridgehead atoms. The van der Waals surface area contributed by atoms with Crippen molar-refractivity contribution in [2.24, 2.45) is 5.92 Å². The lowest BCUT2D eigenvalue weighted by molar-refractivity contribution is 0.0910. The van der Waals surface area contributed by atoms with E-state index in [1.807, 2.05) is 0 Å². The van der Waals surface area contributed by atoms with Gasteiger partial charge in [-0.2, -0.15) is 0 Å². The minimum atomic E-state index is -0.181. The number of hydrogen-bond acceptors (Lipinski definition) is 3. The molecule has 2 N–H and O–H groups in total. The van der Waals surface area contributed by atoms with E-state index in [9.17, 15) is 9.90 Å². The molecule has 4 nitrogen and oxygen atoms in total. The SMILES string of the molecule is O=C(NCC1CCC(O)CC1)c1cnccc1Cl. The van der Waals surface area contributed by atoms with Crippen LogP contribution in [0.5, 0.6) is 0 Å². The predicted molar refractivity (Wildman–Crippen MR) is 69.5 cm³/mol. The summed E-state index contributed by atoms with van der Waals surface area (Å²) in [4.78, 5) is 15.8. The first kappa shape index (κ1) is 13.3. The van der Waals surface area contributed by atoms with Crippen LogP contribution in [0.25, 0.3) is 0 Å². The van der Waals surface area contributed by atoms with Crippen LogP contribution < -0.4 is 5.32 Å². The fraction of sp³-hybridized carbons (Fsp3) is 0.538. The second kappa shape index (κ2) is 6.16. The number of hydrogen-bond donors (Lipinski definition) is 2. The van der Waals surface area contributed by atoms with E-state index in [-0.39, 0.29) is 12.0 Å². The standard InChI is InChI=1S/C13H17ClN2O2/c14-12-5-6-15-8-11(12)13(18)16-7-9-1-3-10(17)4-2-9/h5-6,8-10,17H,1-4,7H2,(H,16,18). The summed E-state index contributed by atoms with van der Waals surface area (Å²) < 4.78 is 0. The van der Waals surface area contributed by atoms with Crippen molar-refractivity contribution in [1.82, 2.24) is 10.3 Å². The summed E-state index contributed by atoms with van der Waals surface area (Å²) >= 11 is 5.93. The minimum absolute atomic E-state index is 0.162. The summed E-state index contributed by atoms with van der Waals surface area (Å²) in [6.07, 6.45) is 6.45. The van der Waals surface area contributed by atoms with Crippen molar-refractivity contribution in [2.75, 3.05) is 6.54 Å². The number of carbonyl (C=O) groups excluding carboxylic acids is 1. The maximum atomic E-state index is 11.9. The molecule has 0 atom stereocenters. The molecule has 1 amide bonds. The van der Waals surface area contributed by atoms with Crippen LogP contribution in [0.2, 0.25) is 5.02 Å². The van der Waals surface area contributed by atoms with Crippen LogP contribution in [0.15, 0.2) is 18.5 Å². The zero-order valence-electron chi connectivity index (χ0n) is 10.1. The van der Waals surface area contributed by atoms with Gasteiger partial charge in [-0.15, -0.1) is 0 Å². The summed E-state index contributed by atoms with van der Waals surface area (Å²) in [5, 5.41) is 12.7. The van der Waals surface area contributed by atoms with Gasteiger partial charge in [0.1, 0.15) is 0 Å². The molecule has 1 saturated carbocycles. The quantitative estimate of drug-likeness (QED) is 0.882. The Morgan fingerprint density at radius 3 is 2.83 bits per heavy atom. The van der Waals surface area contributed by atoms with Gasteiger partial charge in [-0.05, 0) is 37.7 Å². The average molecular weight is 269 g/mol. The molecular weight excluding hydrogens is 252 g/mol.